The first-order chi connectivity index (χ1) is 4.66. The minimum Gasteiger partial charge on any atom is -0.426 e. The normalized spacial score (nSPS) is 9.50. The van der Waals surface area contributed by atoms with Gasteiger partial charge in [-0.3, -0.25) is 4.79 Å². The summed E-state index contributed by atoms with van der Waals surface area (Å²) in [4.78, 5) is 10.4. The van der Waals surface area contributed by atoms with Crippen LogP contribution in [0.2, 0.25) is 0 Å². The van der Waals surface area contributed by atoms with Crippen molar-refractivity contribution in [1.29, 1.82) is 0 Å². The van der Waals surface area contributed by atoms with Crippen molar-refractivity contribution in [3.8, 4) is 0 Å². The van der Waals surface area contributed by atoms with Crippen LogP contribution in [0.25, 0.3) is 0 Å². The van der Waals surface area contributed by atoms with E-state index in [-0.39, 0.29) is 25.3 Å². The van der Waals surface area contributed by atoms with Gasteiger partial charge < -0.3 is 21.1 Å². The number of carbonyl (C=O) groups excluding carboxylic acids is 1. The molecule has 0 rings (SSSR count). The van der Waals surface area contributed by atoms with Crippen molar-refractivity contribution in [1.82, 2.24) is 5.32 Å². The molecule has 0 aliphatic rings. The summed E-state index contributed by atoms with van der Waals surface area (Å²) in [5, 5.41) is 19.1. The molecule has 0 spiro atoms. The summed E-state index contributed by atoms with van der Waals surface area (Å²) in [5.41, 5.74) is 4.97. The Morgan fingerprint density at radius 1 is 1.60 bits per heavy atom. The maximum absolute atomic E-state index is 10.4. The molecule has 0 saturated carbocycles. The van der Waals surface area contributed by atoms with E-state index in [1.807, 2.05) is 0 Å². The van der Waals surface area contributed by atoms with E-state index in [1.54, 1.807) is 0 Å². The highest BCUT2D eigenvalue weighted by molar-refractivity contribution is 6.41. The van der Waals surface area contributed by atoms with Crippen LogP contribution >= 0.6 is 0 Å². The van der Waals surface area contributed by atoms with E-state index in [1.165, 1.54) is 0 Å². The molecule has 0 unspecified atom stereocenters. The van der Waals surface area contributed by atoms with Crippen molar-refractivity contribution in [3.63, 3.8) is 0 Å². The number of Topliss-reactive ketones (excluding diaryl/α,β-unsaturated/α-hetero) is 1. The van der Waals surface area contributed by atoms with E-state index < -0.39 is 7.12 Å². The van der Waals surface area contributed by atoms with Crippen LogP contribution in [0.5, 0.6) is 0 Å². The van der Waals surface area contributed by atoms with E-state index in [0.29, 0.717) is 0 Å². The Balaban J connectivity index is 3.12. The first-order valence-corrected chi connectivity index (χ1v) is 2.95. The van der Waals surface area contributed by atoms with Crippen LogP contribution in [0.4, 0.5) is 0 Å². The first kappa shape index (κ1) is 9.57. The molecule has 0 aliphatic carbocycles. The Hall–Kier alpha value is -0.425. The smallest absolute Gasteiger partial charge is 0.426 e. The molecule has 0 aliphatic heterocycles. The molecular formula is C4H11BN2O3. The average molecular weight is 146 g/mol. The zero-order valence-electron chi connectivity index (χ0n) is 5.58. The summed E-state index contributed by atoms with van der Waals surface area (Å²) in [7, 11) is -1.41. The van der Waals surface area contributed by atoms with E-state index in [4.69, 9.17) is 15.8 Å². The fourth-order valence-corrected chi connectivity index (χ4v) is 0.413. The quantitative estimate of drug-likeness (QED) is 0.312. The molecule has 0 amide bonds. The lowest BCUT2D eigenvalue weighted by atomic mass is 9.92. The van der Waals surface area contributed by atoms with Gasteiger partial charge in [-0.2, -0.15) is 0 Å². The Morgan fingerprint density at radius 3 is 2.60 bits per heavy atom. The number of ketones is 1. The fraction of sp³-hybridized carbons (Fsp3) is 0.750. The predicted molar refractivity (Wildman–Crippen MR) is 37.1 cm³/mol. The Labute approximate surface area is 59.4 Å². The molecule has 5 nitrogen and oxygen atoms in total. The van der Waals surface area contributed by atoms with E-state index in [0.717, 1.165) is 0 Å². The number of rotatable bonds is 5. The van der Waals surface area contributed by atoms with E-state index in [9.17, 15) is 4.79 Å². The van der Waals surface area contributed by atoms with Gasteiger partial charge >= 0.3 is 7.12 Å². The Bertz CT molecular complexity index is 109. The van der Waals surface area contributed by atoms with Gasteiger partial charge in [-0.25, -0.2) is 0 Å². The number of nitrogens with one attached hydrogen (secondary N) is 1. The van der Waals surface area contributed by atoms with Crippen molar-refractivity contribution >= 4 is 12.9 Å². The van der Waals surface area contributed by atoms with Crippen LogP contribution in [0.15, 0.2) is 0 Å². The highest BCUT2D eigenvalue weighted by Crippen LogP contribution is 1.66. The Kier molecular flexibility index (Phi) is 5.14. The number of nitrogens with two attached hydrogens (primary N) is 1. The van der Waals surface area contributed by atoms with Gasteiger partial charge in [0.25, 0.3) is 0 Å². The van der Waals surface area contributed by atoms with Crippen LogP contribution in [0, 0.1) is 0 Å². The molecule has 58 valence electrons. The van der Waals surface area contributed by atoms with Gasteiger partial charge in [0.05, 0.1) is 13.1 Å². The average Bonchev–Trinajstić information content (AvgIpc) is 1.87. The minimum absolute atomic E-state index is 0.00819. The van der Waals surface area contributed by atoms with Crippen molar-refractivity contribution in [2.24, 2.45) is 5.73 Å². The third-order valence-corrected chi connectivity index (χ3v) is 0.877. The van der Waals surface area contributed by atoms with E-state index in [2.05, 4.69) is 5.32 Å². The zero-order chi connectivity index (χ0) is 7.98. The molecule has 0 heterocycles. The molecule has 0 aromatic heterocycles. The van der Waals surface area contributed by atoms with Gasteiger partial charge in [0.1, 0.15) is 0 Å². The zero-order valence-corrected chi connectivity index (χ0v) is 5.58. The molecule has 0 fully saturated rings. The molecule has 0 radical (unpaired) electrons. The van der Waals surface area contributed by atoms with Crippen molar-refractivity contribution in [2.75, 3.05) is 19.5 Å². The standard InChI is InChI=1S/C4H11BN2O3/c6-1-4(8)2-7-3-5(9)10/h7,9-10H,1-3,6H2. The molecule has 0 aromatic rings. The second-order valence-corrected chi connectivity index (χ2v) is 1.85. The Morgan fingerprint density at radius 2 is 2.20 bits per heavy atom. The maximum Gasteiger partial charge on any atom is 0.466 e. The highest BCUT2D eigenvalue weighted by Gasteiger charge is 2.05. The van der Waals surface area contributed by atoms with E-state index >= 15 is 0 Å². The molecule has 5 N–H and O–H groups in total. The molecule has 0 bridgehead atoms. The summed E-state index contributed by atoms with van der Waals surface area (Å²) in [6.45, 7) is 0.0721. The maximum atomic E-state index is 10.4. The van der Waals surface area contributed by atoms with Crippen LogP contribution in [0.1, 0.15) is 0 Å². The summed E-state index contributed by atoms with van der Waals surface area (Å²) in [6, 6.07) is 0. The van der Waals surface area contributed by atoms with Crippen molar-refractivity contribution < 1.29 is 14.8 Å². The summed E-state index contributed by atoms with van der Waals surface area (Å²) < 4.78 is 0. The second kappa shape index (κ2) is 5.37. The molecular weight excluding hydrogens is 135 g/mol. The number of carbonyl (C=O) groups is 1. The number of hydrogen-bond acceptors (Lipinski definition) is 5. The lowest BCUT2D eigenvalue weighted by Gasteiger charge is -1.99. The van der Waals surface area contributed by atoms with Gasteiger partial charge in [-0.15, -0.1) is 0 Å². The largest absolute Gasteiger partial charge is 0.466 e. The van der Waals surface area contributed by atoms with Gasteiger partial charge in [0.15, 0.2) is 5.78 Å². The van der Waals surface area contributed by atoms with Crippen LogP contribution in [-0.4, -0.2) is 42.5 Å². The molecule has 0 saturated heterocycles. The fourth-order valence-electron chi connectivity index (χ4n) is 0.413. The molecule has 6 heteroatoms. The summed E-state index contributed by atoms with van der Waals surface area (Å²) >= 11 is 0. The SMILES string of the molecule is NCC(=O)CNCB(O)O. The van der Waals surface area contributed by atoms with Gasteiger partial charge in [0, 0.05) is 6.44 Å². The number of hydrogen-bond donors (Lipinski definition) is 4. The second-order valence-electron chi connectivity index (χ2n) is 1.85. The lowest BCUT2D eigenvalue weighted by Crippen LogP contribution is -2.36. The van der Waals surface area contributed by atoms with Crippen LogP contribution < -0.4 is 11.1 Å². The van der Waals surface area contributed by atoms with Gasteiger partial charge in [-0.05, 0) is 0 Å². The monoisotopic (exact) mass is 146 g/mol. The van der Waals surface area contributed by atoms with Crippen molar-refractivity contribution in [3.05, 3.63) is 0 Å². The summed E-state index contributed by atoms with van der Waals surface area (Å²) in [6.07, 6.45) is -0.00819. The topological polar surface area (TPSA) is 95.6 Å². The minimum atomic E-state index is -1.41. The predicted octanol–water partition coefficient (Wildman–Crippen LogP) is -2.88. The van der Waals surface area contributed by atoms with Gasteiger partial charge in [0.2, 0.25) is 0 Å². The third-order valence-electron chi connectivity index (χ3n) is 0.877. The van der Waals surface area contributed by atoms with Crippen LogP contribution in [-0.2, 0) is 4.79 Å². The summed E-state index contributed by atoms with van der Waals surface area (Å²) in [5.74, 6) is -0.152. The first-order valence-electron chi connectivity index (χ1n) is 2.95. The van der Waals surface area contributed by atoms with Crippen molar-refractivity contribution in [2.45, 2.75) is 0 Å². The molecule has 0 atom stereocenters. The third kappa shape index (κ3) is 5.71. The molecule has 10 heavy (non-hydrogen) atoms. The highest BCUT2D eigenvalue weighted by atomic mass is 16.4. The lowest BCUT2D eigenvalue weighted by molar-refractivity contribution is -0.116. The molecule has 0 aromatic carbocycles. The van der Waals surface area contributed by atoms with Gasteiger partial charge in [-0.1, -0.05) is 0 Å². The van der Waals surface area contributed by atoms with Crippen LogP contribution in [0.3, 0.4) is 0 Å².